The van der Waals surface area contributed by atoms with Gasteiger partial charge in [0.15, 0.2) is 5.16 Å². The van der Waals surface area contributed by atoms with Crippen LogP contribution in [0.5, 0.6) is 0 Å². The van der Waals surface area contributed by atoms with E-state index in [1.54, 1.807) is 16.7 Å². The van der Waals surface area contributed by atoms with Crippen molar-refractivity contribution < 1.29 is 4.39 Å². The van der Waals surface area contributed by atoms with Crippen molar-refractivity contribution in [3.8, 4) is 0 Å². The van der Waals surface area contributed by atoms with Crippen LogP contribution in [0.3, 0.4) is 0 Å². The molecule has 100 valence electrons. The SMILES string of the molecule is Nc1cccc(F)c1CSc1n[nH]c(=O)n1C1CC1. The second kappa shape index (κ2) is 4.73. The molecule has 19 heavy (non-hydrogen) atoms. The first-order chi connectivity index (χ1) is 9.16. The van der Waals surface area contributed by atoms with Crippen molar-refractivity contribution in [1.82, 2.24) is 14.8 Å². The van der Waals surface area contributed by atoms with Gasteiger partial charge in [-0.3, -0.25) is 4.57 Å². The van der Waals surface area contributed by atoms with Crippen LogP contribution in [0, 0.1) is 5.82 Å². The summed E-state index contributed by atoms with van der Waals surface area (Å²) in [6.07, 6.45) is 1.99. The lowest BCUT2D eigenvalue weighted by atomic mass is 10.2. The molecule has 0 aliphatic heterocycles. The van der Waals surface area contributed by atoms with Crippen molar-refractivity contribution >= 4 is 17.4 Å². The van der Waals surface area contributed by atoms with Crippen molar-refractivity contribution in [2.45, 2.75) is 29.8 Å². The zero-order valence-electron chi connectivity index (χ0n) is 10.1. The minimum Gasteiger partial charge on any atom is -0.398 e. The number of hydrogen-bond donors (Lipinski definition) is 2. The zero-order valence-corrected chi connectivity index (χ0v) is 10.9. The molecule has 3 rings (SSSR count). The number of rotatable bonds is 4. The number of thioether (sulfide) groups is 1. The first-order valence-electron chi connectivity index (χ1n) is 5.99. The summed E-state index contributed by atoms with van der Waals surface area (Å²) in [4.78, 5) is 11.6. The molecule has 0 atom stereocenters. The number of hydrogen-bond acceptors (Lipinski definition) is 4. The monoisotopic (exact) mass is 280 g/mol. The summed E-state index contributed by atoms with van der Waals surface area (Å²) in [6, 6.07) is 4.86. The van der Waals surface area contributed by atoms with Gasteiger partial charge in [0.2, 0.25) is 0 Å². The molecular formula is C12H13FN4OS. The lowest BCUT2D eigenvalue weighted by Gasteiger charge is -2.07. The molecule has 0 unspecified atom stereocenters. The normalized spacial score (nSPS) is 14.8. The highest BCUT2D eigenvalue weighted by atomic mass is 32.2. The van der Waals surface area contributed by atoms with Gasteiger partial charge in [-0.1, -0.05) is 17.8 Å². The van der Waals surface area contributed by atoms with Crippen LogP contribution in [0.15, 0.2) is 28.2 Å². The smallest absolute Gasteiger partial charge is 0.344 e. The molecule has 1 aliphatic rings. The number of H-pyrrole nitrogens is 1. The predicted octanol–water partition coefficient (Wildman–Crippen LogP) is 1.92. The van der Waals surface area contributed by atoms with E-state index in [2.05, 4.69) is 10.2 Å². The van der Waals surface area contributed by atoms with Gasteiger partial charge >= 0.3 is 5.69 Å². The fraction of sp³-hybridized carbons (Fsp3) is 0.333. The molecule has 1 fully saturated rings. The summed E-state index contributed by atoms with van der Waals surface area (Å²) in [7, 11) is 0. The number of nitrogens with two attached hydrogens (primary N) is 1. The Kier molecular flexibility index (Phi) is 3.06. The van der Waals surface area contributed by atoms with Gasteiger partial charge in [0.25, 0.3) is 0 Å². The number of benzene rings is 1. The second-order valence-electron chi connectivity index (χ2n) is 4.51. The van der Waals surface area contributed by atoms with Gasteiger partial charge in [0.05, 0.1) is 0 Å². The van der Waals surface area contributed by atoms with Crippen LogP contribution in [0.4, 0.5) is 10.1 Å². The molecular weight excluding hydrogens is 267 g/mol. The molecule has 1 aromatic heterocycles. The Bertz CT molecular complexity index is 642. The molecule has 0 spiro atoms. The van der Waals surface area contributed by atoms with Crippen molar-refractivity contribution in [2.24, 2.45) is 0 Å². The molecule has 0 saturated heterocycles. The molecule has 0 radical (unpaired) electrons. The van der Waals surface area contributed by atoms with E-state index < -0.39 is 0 Å². The van der Waals surface area contributed by atoms with Crippen LogP contribution in [0.25, 0.3) is 0 Å². The molecule has 2 aromatic rings. The number of nitrogen functional groups attached to an aromatic ring is 1. The Balaban J connectivity index is 1.81. The lowest BCUT2D eigenvalue weighted by molar-refractivity contribution is 0.617. The Morgan fingerprint density at radius 3 is 3.00 bits per heavy atom. The van der Waals surface area contributed by atoms with E-state index in [-0.39, 0.29) is 17.5 Å². The van der Waals surface area contributed by atoms with Crippen molar-refractivity contribution in [3.63, 3.8) is 0 Å². The number of aromatic amines is 1. The number of aromatic nitrogens is 3. The summed E-state index contributed by atoms with van der Waals surface area (Å²) in [5.41, 5.74) is 6.42. The number of nitrogens with zero attached hydrogens (tertiary/aromatic N) is 2. The minimum absolute atomic E-state index is 0.202. The highest BCUT2D eigenvalue weighted by Crippen LogP contribution is 2.37. The summed E-state index contributed by atoms with van der Waals surface area (Å²) >= 11 is 1.32. The van der Waals surface area contributed by atoms with E-state index in [0.29, 0.717) is 22.2 Å². The van der Waals surface area contributed by atoms with Gasteiger partial charge in [-0.25, -0.2) is 14.3 Å². The first-order valence-corrected chi connectivity index (χ1v) is 6.98. The summed E-state index contributed by atoms with van der Waals surface area (Å²) in [5, 5.41) is 7.00. The van der Waals surface area contributed by atoms with Gasteiger partial charge < -0.3 is 5.73 Å². The van der Waals surface area contributed by atoms with E-state index in [1.165, 1.54) is 17.8 Å². The summed E-state index contributed by atoms with van der Waals surface area (Å²) in [6.45, 7) is 0. The largest absolute Gasteiger partial charge is 0.398 e. The minimum atomic E-state index is -0.330. The van der Waals surface area contributed by atoms with Crippen molar-refractivity contribution in [1.29, 1.82) is 0 Å². The van der Waals surface area contributed by atoms with Gasteiger partial charge in [0.1, 0.15) is 5.82 Å². The molecule has 5 nitrogen and oxygen atoms in total. The molecule has 1 aliphatic carbocycles. The molecule has 0 bridgehead atoms. The third-order valence-electron chi connectivity index (χ3n) is 3.08. The van der Waals surface area contributed by atoms with E-state index >= 15 is 0 Å². The van der Waals surface area contributed by atoms with Crippen LogP contribution in [0.1, 0.15) is 24.4 Å². The summed E-state index contributed by atoms with van der Waals surface area (Å²) < 4.78 is 15.3. The molecule has 1 saturated carbocycles. The fourth-order valence-corrected chi connectivity index (χ4v) is 2.97. The predicted molar refractivity (Wildman–Crippen MR) is 71.5 cm³/mol. The topological polar surface area (TPSA) is 76.7 Å². The first kappa shape index (κ1) is 12.3. The Hall–Kier alpha value is -1.76. The number of anilines is 1. The molecule has 7 heteroatoms. The van der Waals surface area contributed by atoms with E-state index in [4.69, 9.17) is 5.73 Å². The quantitative estimate of drug-likeness (QED) is 0.662. The van der Waals surface area contributed by atoms with Crippen LogP contribution in [-0.2, 0) is 5.75 Å². The Morgan fingerprint density at radius 1 is 1.53 bits per heavy atom. The highest BCUT2D eigenvalue weighted by Gasteiger charge is 2.28. The summed E-state index contributed by atoms with van der Waals surface area (Å²) in [5.74, 6) is 0.0264. The van der Waals surface area contributed by atoms with Crippen LogP contribution in [0.2, 0.25) is 0 Å². The average Bonchev–Trinajstić information content (AvgIpc) is 3.14. The van der Waals surface area contributed by atoms with Gasteiger partial charge in [-0.05, 0) is 25.0 Å². The van der Waals surface area contributed by atoms with Crippen molar-refractivity contribution in [3.05, 3.63) is 40.1 Å². The third kappa shape index (κ3) is 2.37. The van der Waals surface area contributed by atoms with Gasteiger partial charge in [-0.15, -0.1) is 5.10 Å². The number of nitrogens with one attached hydrogen (secondary N) is 1. The Morgan fingerprint density at radius 2 is 2.32 bits per heavy atom. The molecule has 1 aromatic carbocycles. The average molecular weight is 280 g/mol. The van der Waals surface area contributed by atoms with E-state index in [0.717, 1.165) is 12.8 Å². The van der Waals surface area contributed by atoms with Crippen LogP contribution < -0.4 is 11.4 Å². The van der Waals surface area contributed by atoms with E-state index in [1.807, 2.05) is 0 Å². The fourth-order valence-electron chi connectivity index (χ4n) is 1.91. The Labute approximate surface area is 113 Å². The van der Waals surface area contributed by atoms with Crippen LogP contribution in [-0.4, -0.2) is 14.8 Å². The van der Waals surface area contributed by atoms with Gasteiger partial charge in [-0.2, -0.15) is 0 Å². The molecule has 1 heterocycles. The second-order valence-corrected chi connectivity index (χ2v) is 5.45. The van der Waals surface area contributed by atoms with Gasteiger partial charge in [0, 0.05) is 23.0 Å². The number of halogens is 1. The van der Waals surface area contributed by atoms with Crippen LogP contribution >= 0.6 is 11.8 Å². The molecule has 0 amide bonds. The highest BCUT2D eigenvalue weighted by molar-refractivity contribution is 7.98. The third-order valence-corrected chi connectivity index (χ3v) is 4.06. The maximum absolute atomic E-state index is 13.6. The van der Waals surface area contributed by atoms with Crippen molar-refractivity contribution in [2.75, 3.05) is 5.73 Å². The lowest BCUT2D eigenvalue weighted by Crippen LogP contribution is -2.16. The standard InChI is InChI=1S/C12H13FN4OS/c13-9-2-1-3-10(14)8(9)6-19-12-16-15-11(18)17(12)7-4-5-7/h1-3,7H,4-6,14H2,(H,15,18). The van der Waals surface area contributed by atoms with E-state index in [9.17, 15) is 9.18 Å². The molecule has 3 N–H and O–H groups in total. The zero-order chi connectivity index (χ0) is 13.4. The maximum atomic E-state index is 13.6. The maximum Gasteiger partial charge on any atom is 0.344 e.